The molecule has 2 amide bonds. The summed E-state index contributed by atoms with van der Waals surface area (Å²) in [6, 6.07) is 7.64. The van der Waals surface area contributed by atoms with Crippen molar-refractivity contribution in [1.29, 1.82) is 0 Å². The molecule has 0 fully saturated rings. The molecule has 5 heteroatoms. The summed E-state index contributed by atoms with van der Waals surface area (Å²) in [5.41, 5.74) is 1.20. The minimum Gasteiger partial charge on any atom is -0.492 e. The van der Waals surface area contributed by atoms with Gasteiger partial charge in [-0.15, -0.1) is 0 Å². The summed E-state index contributed by atoms with van der Waals surface area (Å²) in [5.74, 6) is 0.813. The van der Waals surface area contributed by atoms with Crippen molar-refractivity contribution in [1.82, 2.24) is 10.6 Å². The van der Waals surface area contributed by atoms with E-state index in [1.165, 1.54) is 5.56 Å². The van der Waals surface area contributed by atoms with Crippen LogP contribution in [0.5, 0.6) is 5.75 Å². The lowest BCUT2D eigenvalue weighted by Gasteiger charge is -2.09. The highest BCUT2D eigenvalue weighted by Gasteiger charge is 1.98. The average molecular weight is 266 g/mol. The van der Waals surface area contributed by atoms with E-state index in [1.807, 2.05) is 31.2 Å². The Morgan fingerprint density at radius 3 is 2.47 bits per heavy atom. The highest BCUT2D eigenvalue weighted by atomic mass is 16.5. The fraction of sp³-hybridized carbons (Fsp3) is 0.500. The molecule has 0 aliphatic rings. The third-order valence-electron chi connectivity index (χ3n) is 2.49. The molecule has 1 aromatic carbocycles. The van der Waals surface area contributed by atoms with Crippen LogP contribution in [-0.2, 0) is 4.74 Å². The molecule has 0 radical (unpaired) electrons. The van der Waals surface area contributed by atoms with Gasteiger partial charge in [-0.2, -0.15) is 0 Å². The van der Waals surface area contributed by atoms with Gasteiger partial charge < -0.3 is 20.1 Å². The van der Waals surface area contributed by atoms with Crippen molar-refractivity contribution in [3.05, 3.63) is 29.8 Å². The second-order valence-corrected chi connectivity index (χ2v) is 4.19. The van der Waals surface area contributed by atoms with Gasteiger partial charge in [-0.25, -0.2) is 4.79 Å². The fourth-order valence-electron chi connectivity index (χ4n) is 1.45. The van der Waals surface area contributed by atoms with Crippen LogP contribution in [0.2, 0.25) is 0 Å². The normalized spacial score (nSPS) is 10.0. The Kier molecular flexibility index (Phi) is 7.43. The fourth-order valence-corrected chi connectivity index (χ4v) is 1.45. The van der Waals surface area contributed by atoms with E-state index in [9.17, 15) is 4.79 Å². The highest BCUT2D eigenvalue weighted by Crippen LogP contribution is 2.10. The summed E-state index contributed by atoms with van der Waals surface area (Å²) in [7, 11) is 1.64. The number of carbonyl (C=O) groups is 1. The van der Waals surface area contributed by atoms with Crippen LogP contribution in [0.1, 0.15) is 12.0 Å². The molecule has 0 aliphatic heterocycles. The molecule has 0 bridgehead atoms. The first kappa shape index (κ1) is 15.3. The molecule has 0 unspecified atom stereocenters. The van der Waals surface area contributed by atoms with Crippen molar-refractivity contribution in [2.45, 2.75) is 13.3 Å². The summed E-state index contributed by atoms with van der Waals surface area (Å²) in [4.78, 5) is 11.3. The molecule has 19 heavy (non-hydrogen) atoms. The van der Waals surface area contributed by atoms with E-state index < -0.39 is 0 Å². The number of nitrogens with one attached hydrogen (secondary N) is 2. The Hall–Kier alpha value is -1.75. The molecule has 0 aliphatic carbocycles. The number of rotatable bonds is 8. The summed E-state index contributed by atoms with van der Waals surface area (Å²) in [6.07, 6.45) is 0.809. The minimum atomic E-state index is -0.177. The SMILES string of the molecule is COCCCNC(=O)NCCOc1ccc(C)cc1. The first-order valence-corrected chi connectivity index (χ1v) is 6.42. The Morgan fingerprint density at radius 2 is 1.79 bits per heavy atom. The molecule has 0 atom stereocenters. The standard InChI is InChI=1S/C14H22N2O3/c1-12-4-6-13(7-5-12)19-11-9-16-14(17)15-8-3-10-18-2/h4-7H,3,8-11H2,1-2H3,(H2,15,16,17). The summed E-state index contributed by atoms with van der Waals surface area (Å²) < 4.78 is 10.4. The van der Waals surface area contributed by atoms with Gasteiger partial charge in [0.15, 0.2) is 0 Å². The molecule has 2 N–H and O–H groups in total. The predicted molar refractivity (Wildman–Crippen MR) is 74.6 cm³/mol. The van der Waals surface area contributed by atoms with Crippen molar-refractivity contribution < 1.29 is 14.3 Å². The number of benzene rings is 1. The van der Waals surface area contributed by atoms with E-state index in [2.05, 4.69) is 10.6 Å². The lowest BCUT2D eigenvalue weighted by molar-refractivity contribution is 0.193. The number of carbonyl (C=O) groups excluding carboxylic acids is 1. The predicted octanol–water partition coefficient (Wildman–Crippen LogP) is 1.71. The van der Waals surface area contributed by atoms with Crippen LogP contribution in [0.15, 0.2) is 24.3 Å². The van der Waals surface area contributed by atoms with Crippen molar-refractivity contribution >= 4 is 6.03 Å². The van der Waals surface area contributed by atoms with Gasteiger partial charge in [0, 0.05) is 20.3 Å². The lowest BCUT2D eigenvalue weighted by Crippen LogP contribution is -2.38. The maximum absolute atomic E-state index is 11.3. The second-order valence-electron chi connectivity index (χ2n) is 4.19. The van der Waals surface area contributed by atoms with E-state index in [-0.39, 0.29) is 6.03 Å². The third-order valence-corrected chi connectivity index (χ3v) is 2.49. The van der Waals surface area contributed by atoms with Crippen molar-refractivity contribution in [3.63, 3.8) is 0 Å². The molecule has 0 heterocycles. The zero-order chi connectivity index (χ0) is 13.9. The molecule has 0 saturated heterocycles. The van der Waals surface area contributed by atoms with Crippen molar-refractivity contribution in [3.8, 4) is 5.75 Å². The van der Waals surface area contributed by atoms with Gasteiger partial charge in [0.05, 0.1) is 6.54 Å². The number of methoxy groups -OCH3 is 1. The maximum atomic E-state index is 11.3. The second kappa shape index (κ2) is 9.22. The molecule has 5 nitrogen and oxygen atoms in total. The van der Waals surface area contributed by atoms with Crippen LogP contribution in [0, 0.1) is 6.92 Å². The highest BCUT2D eigenvalue weighted by molar-refractivity contribution is 5.73. The zero-order valence-corrected chi connectivity index (χ0v) is 11.6. The Morgan fingerprint density at radius 1 is 1.11 bits per heavy atom. The quantitative estimate of drug-likeness (QED) is 0.704. The minimum absolute atomic E-state index is 0.177. The molecular weight excluding hydrogens is 244 g/mol. The van der Waals surface area contributed by atoms with Crippen LogP contribution in [-0.4, -0.2) is 39.4 Å². The number of aryl methyl sites for hydroxylation is 1. The van der Waals surface area contributed by atoms with E-state index in [0.717, 1.165) is 12.2 Å². The zero-order valence-electron chi connectivity index (χ0n) is 11.6. The number of urea groups is 1. The summed E-state index contributed by atoms with van der Waals surface area (Å²) in [6.45, 7) is 4.22. The summed E-state index contributed by atoms with van der Waals surface area (Å²) >= 11 is 0. The Balaban J connectivity index is 2.03. The van der Waals surface area contributed by atoms with E-state index in [1.54, 1.807) is 7.11 Å². The van der Waals surface area contributed by atoms with Crippen LogP contribution >= 0.6 is 0 Å². The molecule has 106 valence electrons. The number of hydrogen-bond donors (Lipinski definition) is 2. The monoisotopic (exact) mass is 266 g/mol. The number of ether oxygens (including phenoxy) is 2. The van der Waals surface area contributed by atoms with E-state index >= 15 is 0 Å². The molecule has 1 rings (SSSR count). The van der Waals surface area contributed by atoms with Crippen LogP contribution < -0.4 is 15.4 Å². The van der Waals surface area contributed by atoms with Gasteiger partial charge >= 0.3 is 6.03 Å². The van der Waals surface area contributed by atoms with Crippen molar-refractivity contribution in [2.75, 3.05) is 33.4 Å². The smallest absolute Gasteiger partial charge is 0.314 e. The van der Waals surface area contributed by atoms with Gasteiger partial charge in [0.2, 0.25) is 0 Å². The summed E-state index contributed by atoms with van der Waals surface area (Å²) in [5, 5.41) is 5.46. The maximum Gasteiger partial charge on any atom is 0.314 e. The van der Waals surface area contributed by atoms with Gasteiger partial charge in [-0.1, -0.05) is 17.7 Å². The Bertz CT molecular complexity index is 365. The first-order chi connectivity index (χ1) is 9.22. The Labute approximate surface area is 114 Å². The van der Waals surface area contributed by atoms with Crippen LogP contribution in [0.3, 0.4) is 0 Å². The van der Waals surface area contributed by atoms with Gasteiger partial charge in [0.25, 0.3) is 0 Å². The molecule has 0 spiro atoms. The molecule has 0 aromatic heterocycles. The first-order valence-electron chi connectivity index (χ1n) is 6.42. The number of hydrogen-bond acceptors (Lipinski definition) is 3. The molecule has 0 saturated carbocycles. The van der Waals surface area contributed by atoms with Gasteiger partial charge in [0.1, 0.15) is 12.4 Å². The largest absolute Gasteiger partial charge is 0.492 e. The average Bonchev–Trinajstić information content (AvgIpc) is 2.42. The van der Waals surface area contributed by atoms with Crippen LogP contribution in [0.25, 0.3) is 0 Å². The van der Waals surface area contributed by atoms with Gasteiger partial charge in [-0.05, 0) is 25.5 Å². The third kappa shape index (κ3) is 7.31. The number of amides is 2. The van der Waals surface area contributed by atoms with E-state index in [0.29, 0.717) is 26.3 Å². The van der Waals surface area contributed by atoms with Crippen LogP contribution in [0.4, 0.5) is 4.79 Å². The lowest BCUT2D eigenvalue weighted by atomic mass is 10.2. The van der Waals surface area contributed by atoms with Gasteiger partial charge in [-0.3, -0.25) is 0 Å². The van der Waals surface area contributed by atoms with E-state index in [4.69, 9.17) is 9.47 Å². The molecule has 1 aromatic rings. The van der Waals surface area contributed by atoms with Crippen molar-refractivity contribution in [2.24, 2.45) is 0 Å². The molecular formula is C14H22N2O3. The topological polar surface area (TPSA) is 59.6 Å².